The highest BCUT2D eigenvalue weighted by molar-refractivity contribution is 6.20. The molecule has 0 unspecified atom stereocenters. The van der Waals surface area contributed by atoms with Crippen LogP contribution in [0.3, 0.4) is 0 Å². The molecule has 9 rings (SSSR count). The van der Waals surface area contributed by atoms with Crippen molar-refractivity contribution in [3.8, 4) is 22.3 Å². The van der Waals surface area contributed by atoms with E-state index in [1.807, 2.05) is 6.07 Å². The van der Waals surface area contributed by atoms with Gasteiger partial charge in [0.05, 0.1) is 5.69 Å². The number of fused-ring (bicyclic) bond motifs is 6. The average Bonchev–Trinajstić information content (AvgIpc) is 3.51. The zero-order valence-electron chi connectivity index (χ0n) is 25.1. The quantitative estimate of drug-likeness (QED) is 0.199. The lowest BCUT2D eigenvalue weighted by molar-refractivity contribution is 0.673. The molecule has 1 aromatic heterocycles. The topological polar surface area (TPSA) is 16.4 Å². The molecule has 8 aromatic carbocycles. The fourth-order valence-electron chi connectivity index (χ4n) is 6.75. The van der Waals surface area contributed by atoms with Crippen LogP contribution in [0.4, 0.5) is 17.1 Å². The SMILES string of the molecule is c1ccc(-c2ccc3c(c2)oc2c4ccccc4c(N(c4ccccc4)c4ccc(-c5ccc6ccccc6c5)cc4)cc32)cc1. The second-order valence-corrected chi connectivity index (χ2v) is 11.8. The molecule has 216 valence electrons. The van der Waals surface area contributed by atoms with Gasteiger partial charge in [-0.3, -0.25) is 0 Å². The molecule has 0 bridgehead atoms. The van der Waals surface area contributed by atoms with Gasteiger partial charge in [0.15, 0.2) is 0 Å². The monoisotopic (exact) mass is 587 g/mol. The lowest BCUT2D eigenvalue weighted by Crippen LogP contribution is -2.10. The van der Waals surface area contributed by atoms with Gasteiger partial charge in [-0.25, -0.2) is 0 Å². The normalized spacial score (nSPS) is 11.5. The van der Waals surface area contributed by atoms with Crippen LogP contribution in [0.25, 0.3) is 65.7 Å². The van der Waals surface area contributed by atoms with E-state index in [0.29, 0.717) is 0 Å². The molecule has 0 saturated carbocycles. The molecular weight excluding hydrogens is 558 g/mol. The van der Waals surface area contributed by atoms with Crippen molar-refractivity contribution in [3.63, 3.8) is 0 Å². The summed E-state index contributed by atoms with van der Waals surface area (Å²) in [5.41, 5.74) is 9.85. The Labute approximate surface area is 267 Å². The molecule has 1 heterocycles. The van der Waals surface area contributed by atoms with E-state index in [2.05, 4.69) is 175 Å². The zero-order chi connectivity index (χ0) is 30.5. The number of rotatable bonds is 5. The molecule has 0 aliphatic carbocycles. The minimum absolute atomic E-state index is 0.893. The van der Waals surface area contributed by atoms with E-state index in [9.17, 15) is 0 Å². The number of hydrogen-bond donors (Lipinski definition) is 0. The second-order valence-electron chi connectivity index (χ2n) is 11.8. The van der Waals surface area contributed by atoms with Crippen LogP contribution in [0, 0.1) is 0 Å². The van der Waals surface area contributed by atoms with Gasteiger partial charge in [-0.05, 0) is 81.6 Å². The van der Waals surface area contributed by atoms with Crippen molar-refractivity contribution in [2.75, 3.05) is 4.90 Å². The van der Waals surface area contributed by atoms with E-state index in [1.54, 1.807) is 0 Å². The maximum Gasteiger partial charge on any atom is 0.143 e. The van der Waals surface area contributed by atoms with Crippen molar-refractivity contribution < 1.29 is 4.42 Å². The molecule has 0 amide bonds. The Balaban J connectivity index is 1.22. The Bertz CT molecular complexity index is 2510. The van der Waals surface area contributed by atoms with E-state index in [1.165, 1.54) is 27.5 Å². The van der Waals surface area contributed by atoms with Crippen LogP contribution in [-0.2, 0) is 0 Å². The third-order valence-electron chi connectivity index (χ3n) is 9.03. The molecule has 0 aliphatic rings. The fourth-order valence-corrected chi connectivity index (χ4v) is 6.75. The number of furan rings is 1. The van der Waals surface area contributed by atoms with E-state index < -0.39 is 0 Å². The number of anilines is 3. The van der Waals surface area contributed by atoms with Crippen molar-refractivity contribution in [3.05, 3.63) is 176 Å². The Morgan fingerprint density at radius 1 is 0.348 bits per heavy atom. The van der Waals surface area contributed by atoms with Gasteiger partial charge in [-0.2, -0.15) is 0 Å². The number of nitrogens with zero attached hydrogens (tertiary/aromatic N) is 1. The van der Waals surface area contributed by atoms with Crippen LogP contribution >= 0.6 is 0 Å². The second kappa shape index (κ2) is 10.8. The van der Waals surface area contributed by atoms with Crippen molar-refractivity contribution in [2.45, 2.75) is 0 Å². The third kappa shape index (κ3) is 4.43. The molecule has 9 aromatic rings. The van der Waals surface area contributed by atoms with Crippen molar-refractivity contribution in [1.29, 1.82) is 0 Å². The highest BCUT2D eigenvalue weighted by Crippen LogP contribution is 2.45. The van der Waals surface area contributed by atoms with E-state index in [-0.39, 0.29) is 0 Å². The molecule has 0 saturated heterocycles. The highest BCUT2D eigenvalue weighted by Gasteiger charge is 2.20. The summed E-state index contributed by atoms with van der Waals surface area (Å²) in [5.74, 6) is 0. The number of hydrogen-bond acceptors (Lipinski definition) is 2. The predicted molar refractivity (Wildman–Crippen MR) is 194 cm³/mol. The molecule has 46 heavy (non-hydrogen) atoms. The van der Waals surface area contributed by atoms with Gasteiger partial charge in [0.1, 0.15) is 11.2 Å². The summed E-state index contributed by atoms with van der Waals surface area (Å²) in [4.78, 5) is 2.36. The summed E-state index contributed by atoms with van der Waals surface area (Å²) in [6.45, 7) is 0. The molecule has 0 spiro atoms. The van der Waals surface area contributed by atoms with Gasteiger partial charge in [-0.1, -0.05) is 127 Å². The minimum Gasteiger partial charge on any atom is -0.455 e. The van der Waals surface area contributed by atoms with Crippen LogP contribution in [0.5, 0.6) is 0 Å². The van der Waals surface area contributed by atoms with Crippen molar-refractivity contribution >= 4 is 60.5 Å². The smallest absolute Gasteiger partial charge is 0.143 e. The predicted octanol–water partition coefficient (Wildman–Crippen LogP) is 12.7. The molecule has 0 atom stereocenters. The molecule has 0 aliphatic heterocycles. The molecule has 2 nitrogen and oxygen atoms in total. The highest BCUT2D eigenvalue weighted by atomic mass is 16.3. The summed E-state index contributed by atoms with van der Waals surface area (Å²) >= 11 is 0. The molecule has 2 heteroatoms. The summed E-state index contributed by atoms with van der Waals surface area (Å²) < 4.78 is 6.65. The Morgan fingerprint density at radius 2 is 0.935 bits per heavy atom. The molecule has 0 N–H and O–H groups in total. The lowest BCUT2D eigenvalue weighted by Gasteiger charge is -2.27. The standard InChI is InChI=1S/C44H29NO/c1-3-11-30(12-4-1)35-23-26-39-41-29-42(38-17-9-10-18-40(38)44(41)46-43(39)28-35)45(36-15-5-2-6-16-36)37-24-21-32(22-25-37)34-20-19-31-13-7-8-14-33(31)27-34/h1-29H. The van der Waals surface area contributed by atoms with Gasteiger partial charge in [0.2, 0.25) is 0 Å². The zero-order valence-corrected chi connectivity index (χ0v) is 25.1. The van der Waals surface area contributed by atoms with Crippen LogP contribution in [0.1, 0.15) is 0 Å². The Kier molecular flexibility index (Phi) is 6.17. The maximum atomic E-state index is 6.65. The van der Waals surface area contributed by atoms with E-state index in [4.69, 9.17) is 4.42 Å². The number of benzene rings is 8. The molecule has 0 radical (unpaired) electrons. The molecular formula is C44H29NO. The van der Waals surface area contributed by atoms with Crippen molar-refractivity contribution in [2.24, 2.45) is 0 Å². The summed E-state index contributed by atoms with van der Waals surface area (Å²) in [6, 6.07) is 62.7. The van der Waals surface area contributed by atoms with E-state index in [0.717, 1.165) is 55.3 Å². The third-order valence-corrected chi connectivity index (χ3v) is 9.03. The largest absolute Gasteiger partial charge is 0.455 e. The minimum atomic E-state index is 0.893. The maximum absolute atomic E-state index is 6.65. The first kappa shape index (κ1) is 26.3. The van der Waals surface area contributed by atoms with Crippen LogP contribution in [0.2, 0.25) is 0 Å². The summed E-state index contributed by atoms with van der Waals surface area (Å²) in [7, 11) is 0. The van der Waals surface area contributed by atoms with Crippen molar-refractivity contribution in [1.82, 2.24) is 0 Å². The summed E-state index contributed by atoms with van der Waals surface area (Å²) in [5, 5.41) is 6.96. The van der Waals surface area contributed by atoms with Crippen LogP contribution in [0.15, 0.2) is 180 Å². The van der Waals surface area contributed by atoms with Gasteiger partial charge in [0, 0.05) is 32.9 Å². The Hall–Kier alpha value is -6.12. The summed E-state index contributed by atoms with van der Waals surface area (Å²) in [6.07, 6.45) is 0. The van der Waals surface area contributed by atoms with Gasteiger partial charge in [0.25, 0.3) is 0 Å². The fraction of sp³-hybridized carbons (Fsp3) is 0. The van der Waals surface area contributed by atoms with Crippen LogP contribution in [-0.4, -0.2) is 0 Å². The van der Waals surface area contributed by atoms with Gasteiger partial charge in [-0.15, -0.1) is 0 Å². The number of para-hydroxylation sites is 1. The van der Waals surface area contributed by atoms with Gasteiger partial charge < -0.3 is 9.32 Å². The Morgan fingerprint density at radius 3 is 1.74 bits per heavy atom. The first-order chi connectivity index (χ1) is 22.8. The average molecular weight is 588 g/mol. The van der Waals surface area contributed by atoms with Gasteiger partial charge >= 0.3 is 0 Å². The van der Waals surface area contributed by atoms with E-state index >= 15 is 0 Å². The lowest BCUT2D eigenvalue weighted by atomic mass is 9.99. The molecule has 0 fully saturated rings. The first-order valence-corrected chi connectivity index (χ1v) is 15.7. The first-order valence-electron chi connectivity index (χ1n) is 15.7. The van der Waals surface area contributed by atoms with Crippen LogP contribution < -0.4 is 4.90 Å².